The third kappa shape index (κ3) is 8.52. The molecular weight excluding hydrogens is 650 g/mol. The van der Waals surface area contributed by atoms with Gasteiger partial charge in [-0.2, -0.15) is 5.10 Å². The van der Waals surface area contributed by atoms with Crippen LogP contribution in [0.3, 0.4) is 0 Å². The van der Waals surface area contributed by atoms with E-state index in [0.717, 1.165) is 12.8 Å². The zero-order chi connectivity index (χ0) is 35.9. The molecule has 0 bridgehead atoms. The van der Waals surface area contributed by atoms with Crippen molar-refractivity contribution in [3.05, 3.63) is 42.1 Å². The van der Waals surface area contributed by atoms with Crippen molar-refractivity contribution in [1.82, 2.24) is 34.7 Å². The number of piperazine rings is 1. The summed E-state index contributed by atoms with van der Waals surface area (Å²) < 4.78 is 12.5. The van der Waals surface area contributed by atoms with E-state index in [9.17, 15) is 33.9 Å². The lowest BCUT2D eigenvalue weighted by Gasteiger charge is -2.35. The van der Waals surface area contributed by atoms with Crippen molar-refractivity contribution < 1.29 is 43.3 Å². The first kappa shape index (κ1) is 36.1. The zero-order valence-corrected chi connectivity index (χ0v) is 28.7. The monoisotopic (exact) mass is 695 g/mol. The van der Waals surface area contributed by atoms with E-state index in [0.29, 0.717) is 25.1 Å². The fraction of sp³-hybridized carbons (Fsp3) is 0.559. The highest BCUT2D eigenvalue weighted by Crippen LogP contribution is 2.29. The molecule has 2 saturated heterocycles. The number of hydrogen-bond donors (Lipinski definition) is 2. The molecule has 3 aliphatic rings. The van der Waals surface area contributed by atoms with Gasteiger partial charge in [-0.1, -0.05) is 18.2 Å². The Morgan fingerprint density at radius 1 is 0.980 bits per heavy atom. The van der Waals surface area contributed by atoms with Gasteiger partial charge in [0.15, 0.2) is 11.8 Å². The molecule has 16 nitrogen and oxygen atoms in total. The van der Waals surface area contributed by atoms with Gasteiger partial charge in [-0.05, 0) is 58.1 Å². The fourth-order valence-corrected chi connectivity index (χ4v) is 6.24. The zero-order valence-electron chi connectivity index (χ0n) is 28.7. The third-order valence-electron chi connectivity index (χ3n) is 9.19. The highest BCUT2D eigenvalue weighted by molar-refractivity contribution is 5.96. The number of likely N-dealkylation sites (N-methyl/N-ethyl adjacent to an activating group) is 1. The van der Waals surface area contributed by atoms with Crippen molar-refractivity contribution in [2.75, 3.05) is 46.4 Å². The minimum absolute atomic E-state index is 0.0771. The second-order valence-electron chi connectivity index (χ2n) is 12.7. The molecule has 50 heavy (non-hydrogen) atoms. The van der Waals surface area contributed by atoms with E-state index < -0.39 is 42.1 Å². The van der Waals surface area contributed by atoms with Crippen molar-refractivity contribution in [2.24, 2.45) is 0 Å². The van der Waals surface area contributed by atoms with Gasteiger partial charge in [-0.3, -0.25) is 24.0 Å². The van der Waals surface area contributed by atoms with Crippen LogP contribution in [0.1, 0.15) is 62.9 Å². The summed E-state index contributed by atoms with van der Waals surface area (Å²) in [7, 11) is 1.78. The number of aliphatic carboxylic acids is 1. The Morgan fingerprint density at radius 3 is 2.30 bits per heavy atom. The molecule has 2 aliphatic heterocycles. The van der Waals surface area contributed by atoms with Gasteiger partial charge in [0, 0.05) is 58.3 Å². The van der Waals surface area contributed by atoms with Gasteiger partial charge in [-0.15, -0.1) is 0 Å². The van der Waals surface area contributed by atoms with E-state index in [1.54, 1.807) is 55.0 Å². The molecule has 0 radical (unpaired) electrons. The Balaban J connectivity index is 1.31. The number of para-hydroxylation sites is 1. The lowest BCUT2D eigenvalue weighted by molar-refractivity contribution is -0.147. The standard InChI is InChI=1S/C34H45N7O9/c1-4-49-34(48)39-19-17-38(18-20-39)32(46)25(14-15-29(42)43)35-30(44)26-21-28(41(36-26)24-9-6-5-7-10-24)50-22(2)31(45)40-16-8-11-27(40)33(47)37(3)23-12-13-23/h5-7,9-10,21-23,25,27H,4,8,11-20H2,1-3H3,(H,35,44)(H,42,43)/t22-,25-,27-/m0/s1. The van der Waals surface area contributed by atoms with Gasteiger partial charge in [0.2, 0.25) is 17.7 Å². The fourth-order valence-electron chi connectivity index (χ4n) is 6.24. The maximum absolute atomic E-state index is 13.7. The molecule has 1 saturated carbocycles. The smallest absolute Gasteiger partial charge is 0.409 e. The van der Waals surface area contributed by atoms with E-state index in [2.05, 4.69) is 10.4 Å². The molecule has 270 valence electrons. The summed E-state index contributed by atoms with van der Waals surface area (Å²) in [5.74, 6) is -2.71. The summed E-state index contributed by atoms with van der Waals surface area (Å²) in [4.78, 5) is 83.8. The van der Waals surface area contributed by atoms with Crippen molar-refractivity contribution >= 4 is 35.7 Å². The van der Waals surface area contributed by atoms with Crippen LogP contribution in [-0.4, -0.2) is 141 Å². The van der Waals surface area contributed by atoms with Crippen molar-refractivity contribution in [3.8, 4) is 11.6 Å². The summed E-state index contributed by atoms with van der Waals surface area (Å²) in [5.41, 5.74) is 0.420. The largest absolute Gasteiger partial charge is 0.481 e. The maximum atomic E-state index is 13.7. The number of carboxylic acids is 1. The Morgan fingerprint density at radius 2 is 1.66 bits per heavy atom. The second kappa shape index (κ2) is 16.0. The number of benzene rings is 1. The maximum Gasteiger partial charge on any atom is 0.409 e. The topological polar surface area (TPSA) is 184 Å². The Labute approximate surface area is 290 Å². The number of ether oxygens (including phenoxy) is 2. The number of carboxylic acid groups (broad SMARTS) is 1. The summed E-state index contributed by atoms with van der Waals surface area (Å²) in [6.45, 7) is 4.76. The molecule has 3 heterocycles. The number of nitrogens with one attached hydrogen (secondary N) is 1. The van der Waals surface area contributed by atoms with Gasteiger partial charge >= 0.3 is 12.1 Å². The van der Waals surface area contributed by atoms with E-state index in [4.69, 9.17) is 9.47 Å². The lowest BCUT2D eigenvalue weighted by Crippen LogP contribution is -2.56. The molecule has 16 heteroatoms. The molecule has 5 rings (SSSR count). The summed E-state index contributed by atoms with van der Waals surface area (Å²) in [6, 6.07) is 8.67. The number of likely N-dealkylation sites (tertiary alicyclic amines) is 1. The van der Waals surface area contributed by atoms with Crippen LogP contribution in [0.15, 0.2) is 36.4 Å². The SMILES string of the molecule is CCOC(=O)N1CCN(C(=O)[C@H](CCC(=O)O)NC(=O)c2cc(O[C@@H](C)C(=O)N3CCC[C@H]3C(=O)N(C)C3CC3)n(-c3ccccc3)n2)CC1. The van der Waals surface area contributed by atoms with Crippen molar-refractivity contribution in [2.45, 2.75) is 76.6 Å². The molecule has 1 aromatic heterocycles. The number of carbonyl (C=O) groups is 6. The molecule has 2 N–H and O–H groups in total. The first-order valence-corrected chi connectivity index (χ1v) is 17.1. The predicted molar refractivity (Wildman–Crippen MR) is 177 cm³/mol. The van der Waals surface area contributed by atoms with Gasteiger partial charge in [0.05, 0.1) is 12.3 Å². The van der Waals surface area contributed by atoms with E-state index in [1.165, 1.54) is 20.5 Å². The third-order valence-corrected chi connectivity index (χ3v) is 9.19. The number of hydrogen-bond acceptors (Lipinski definition) is 9. The normalized spacial score (nSPS) is 18.6. The second-order valence-corrected chi connectivity index (χ2v) is 12.7. The Hall–Kier alpha value is -5.15. The highest BCUT2D eigenvalue weighted by atomic mass is 16.6. The quantitative estimate of drug-likeness (QED) is 0.312. The summed E-state index contributed by atoms with van der Waals surface area (Å²) in [6.07, 6.45) is 1.15. The molecule has 0 spiro atoms. The van der Waals surface area contributed by atoms with Gasteiger partial charge in [0.25, 0.3) is 11.8 Å². The van der Waals surface area contributed by atoms with Crippen LogP contribution in [0.2, 0.25) is 0 Å². The van der Waals surface area contributed by atoms with Crippen LogP contribution in [0.25, 0.3) is 5.69 Å². The summed E-state index contributed by atoms with van der Waals surface area (Å²) in [5, 5.41) is 16.4. The molecule has 2 aromatic rings. The Kier molecular flexibility index (Phi) is 11.6. The number of amides is 5. The minimum Gasteiger partial charge on any atom is -0.481 e. The van der Waals surface area contributed by atoms with Crippen LogP contribution in [0, 0.1) is 0 Å². The molecule has 1 aliphatic carbocycles. The molecule has 3 fully saturated rings. The van der Waals surface area contributed by atoms with Crippen LogP contribution in [-0.2, 0) is 23.9 Å². The first-order chi connectivity index (χ1) is 24.0. The molecule has 5 amide bonds. The number of rotatable bonds is 13. The van der Waals surface area contributed by atoms with Crippen LogP contribution < -0.4 is 10.1 Å². The van der Waals surface area contributed by atoms with Gasteiger partial charge in [0.1, 0.15) is 12.1 Å². The lowest BCUT2D eigenvalue weighted by atomic mass is 10.1. The molecule has 1 aromatic carbocycles. The average Bonchev–Trinajstić information content (AvgIpc) is 3.70. The van der Waals surface area contributed by atoms with E-state index >= 15 is 0 Å². The van der Waals surface area contributed by atoms with E-state index in [-0.39, 0.29) is 75.1 Å². The van der Waals surface area contributed by atoms with Crippen molar-refractivity contribution in [3.63, 3.8) is 0 Å². The first-order valence-electron chi connectivity index (χ1n) is 17.1. The number of carbonyl (C=O) groups excluding carboxylic acids is 5. The summed E-state index contributed by atoms with van der Waals surface area (Å²) >= 11 is 0. The van der Waals surface area contributed by atoms with Gasteiger partial charge < -0.3 is 39.5 Å². The number of aromatic nitrogens is 2. The minimum atomic E-state index is -1.18. The molecule has 3 atom stereocenters. The van der Waals surface area contributed by atoms with E-state index in [1.807, 2.05) is 6.07 Å². The van der Waals surface area contributed by atoms with Gasteiger partial charge in [-0.25, -0.2) is 9.48 Å². The number of nitrogens with zero attached hydrogens (tertiary/aromatic N) is 6. The highest BCUT2D eigenvalue weighted by Gasteiger charge is 2.41. The van der Waals surface area contributed by atoms with Crippen LogP contribution in [0.4, 0.5) is 4.79 Å². The van der Waals surface area contributed by atoms with Crippen LogP contribution in [0.5, 0.6) is 5.88 Å². The average molecular weight is 696 g/mol. The molecule has 0 unspecified atom stereocenters. The Bertz CT molecular complexity index is 1570. The predicted octanol–water partition coefficient (Wildman–Crippen LogP) is 1.52. The molecular formula is C34H45N7O9. The van der Waals surface area contributed by atoms with Crippen molar-refractivity contribution in [1.29, 1.82) is 0 Å². The van der Waals surface area contributed by atoms with Crippen LogP contribution >= 0.6 is 0 Å².